The van der Waals surface area contributed by atoms with Crippen LogP contribution in [-0.2, 0) is 14.3 Å². The monoisotopic (exact) mass is 407 g/mol. The number of anilines is 1. The van der Waals surface area contributed by atoms with Crippen molar-refractivity contribution in [2.45, 2.75) is 40.0 Å². The van der Waals surface area contributed by atoms with Crippen molar-refractivity contribution in [2.24, 2.45) is 5.92 Å². The molecule has 0 aliphatic rings. The van der Waals surface area contributed by atoms with E-state index in [1.165, 1.54) is 0 Å². The number of benzene rings is 1. The molecule has 1 aromatic carbocycles. The lowest BCUT2D eigenvalue weighted by molar-refractivity contribution is -0.144. The van der Waals surface area contributed by atoms with Crippen LogP contribution in [-0.4, -0.2) is 37.1 Å². The maximum atomic E-state index is 10.7. The van der Waals surface area contributed by atoms with Crippen LogP contribution in [0.3, 0.4) is 0 Å². The fourth-order valence-corrected chi connectivity index (χ4v) is 2.45. The lowest BCUT2D eigenvalue weighted by atomic mass is 10.2. The maximum absolute atomic E-state index is 10.7. The second kappa shape index (κ2) is 13.8. The number of nitrogens with zero attached hydrogens (tertiary/aromatic N) is 1. The minimum atomic E-state index is -0.0730. The number of hydrogen-bond donors (Lipinski definition) is 2. The van der Waals surface area contributed by atoms with Gasteiger partial charge in [-0.2, -0.15) is 0 Å². The van der Waals surface area contributed by atoms with E-state index in [0.29, 0.717) is 36.9 Å². The van der Waals surface area contributed by atoms with Gasteiger partial charge in [0.1, 0.15) is 0 Å². The molecule has 0 fully saturated rings. The fraction of sp³-hybridized carbons (Fsp3) is 0.476. The minimum Gasteiger partial charge on any atom is -0.465 e. The van der Waals surface area contributed by atoms with E-state index in [1.54, 1.807) is 6.20 Å². The van der Waals surface area contributed by atoms with Crippen LogP contribution < -0.4 is 10.6 Å². The number of carbonyl (C=O) groups is 2. The lowest BCUT2D eigenvalue weighted by Gasteiger charge is -2.09. The van der Waals surface area contributed by atoms with Crippen molar-refractivity contribution in [3.05, 3.63) is 35.5 Å². The number of fused-ring (bicyclic) bond motifs is 1. The second-order valence-electron chi connectivity index (χ2n) is 6.70. The molecule has 1 aromatic heterocycles. The third-order valence-corrected chi connectivity index (χ3v) is 3.87. The molecule has 2 rings (SSSR count). The van der Waals surface area contributed by atoms with Gasteiger partial charge in [0, 0.05) is 41.8 Å². The lowest BCUT2D eigenvalue weighted by Crippen LogP contribution is -2.15. The van der Waals surface area contributed by atoms with Crippen molar-refractivity contribution in [1.29, 1.82) is 0 Å². The molecule has 6 nitrogen and oxygen atoms in total. The van der Waals surface area contributed by atoms with Gasteiger partial charge in [-0.3, -0.25) is 14.6 Å². The molecule has 1 amide bonds. The number of pyridine rings is 1. The number of amides is 1. The number of hydrogen-bond acceptors (Lipinski definition) is 5. The summed E-state index contributed by atoms with van der Waals surface area (Å²) in [7, 11) is 0. The molecule has 0 saturated heterocycles. The van der Waals surface area contributed by atoms with Crippen LogP contribution in [0.5, 0.6) is 0 Å². The number of ether oxygens (including phenoxy) is 1. The number of carbonyl (C=O) groups excluding carboxylic acids is 2. The third kappa shape index (κ3) is 9.55. The summed E-state index contributed by atoms with van der Waals surface area (Å²) in [6.45, 7) is 8.04. The molecular weight excluding hydrogens is 378 g/mol. The Morgan fingerprint density at radius 2 is 2.07 bits per heavy atom. The van der Waals surface area contributed by atoms with Crippen molar-refractivity contribution in [1.82, 2.24) is 10.3 Å². The van der Waals surface area contributed by atoms with Crippen molar-refractivity contribution in [2.75, 3.05) is 25.0 Å². The van der Waals surface area contributed by atoms with Gasteiger partial charge in [0.2, 0.25) is 6.41 Å². The van der Waals surface area contributed by atoms with Crippen LogP contribution in [0, 0.1) is 5.92 Å². The summed E-state index contributed by atoms with van der Waals surface area (Å²) in [6, 6.07) is 7.58. The van der Waals surface area contributed by atoms with Gasteiger partial charge >= 0.3 is 5.97 Å². The number of esters is 1. The smallest absolute Gasteiger partial charge is 0.305 e. The standard InChI is InChI=1S/C13H14ClN3O.C8H16O2/c14-10-2-3-11-12(4-7-17-13(11)8-10)16-6-1-5-15-9-18;1-4-5-8(9)10-6-7(2)3/h2-4,7-9H,1,5-6H2,(H,15,18)(H,16,17);7H,4-6H2,1-3H3. The first-order chi connectivity index (χ1) is 13.5. The van der Waals surface area contributed by atoms with Gasteiger partial charge in [-0.15, -0.1) is 0 Å². The summed E-state index contributed by atoms with van der Waals surface area (Å²) in [6.07, 6.45) is 4.76. The Morgan fingerprint density at radius 1 is 1.29 bits per heavy atom. The van der Waals surface area contributed by atoms with Crippen molar-refractivity contribution < 1.29 is 14.3 Å². The predicted molar refractivity (Wildman–Crippen MR) is 115 cm³/mol. The fourth-order valence-electron chi connectivity index (χ4n) is 2.28. The zero-order valence-corrected chi connectivity index (χ0v) is 17.6. The van der Waals surface area contributed by atoms with Crippen LogP contribution in [0.2, 0.25) is 5.02 Å². The molecule has 2 N–H and O–H groups in total. The molecule has 0 unspecified atom stereocenters. The molecule has 0 aliphatic heterocycles. The molecule has 0 aliphatic carbocycles. The number of halogens is 1. The van der Waals surface area contributed by atoms with E-state index in [0.717, 1.165) is 36.0 Å². The largest absolute Gasteiger partial charge is 0.465 e. The first-order valence-corrected chi connectivity index (χ1v) is 9.96. The summed E-state index contributed by atoms with van der Waals surface area (Å²) in [5.41, 5.74) is 1.90. The Balaban J connectivity index is 0.000000336. The quantitative estimate of drug-likeness (QED) is 0.346. The predicted octanol–water partition coefficient (Wildman–Crippen LogP) is 4.42. The summed E-state index contributed by atoms with van der Waals surface area (Å²) in [4.78, 5) is 25.1. The van der Waals surface area contributed by atoms with E-state index in [9.17, 15) is 9.59 Å². The van der Waals surface area contributed by atoms with E-state index in [4.69, 9.17) is 16.3 Å². The average molecular weight is 408 g/mol. The Labute approximate surface area is 172 Å². The molecule has 7 heteroatoms. The average Bonchev–Trinajstić information content (AvgIpc) is 2.67. The molecule has 2 aromatic rings. The summed E-state index contributed by atoms with van der Waals surface area (Å²) < 4.78 is 4.90. The minimum absolute atomic E-state index is 0.0730. The first-order valence-electron chi connectivity index (χ1n) is 9.58. The molecule has 0 bridgehead atoms. The van der Waals surface area contributed by atoms with Crippen molar-refractivity contribution in [3.63, 3.8) is 0 Å². The molecule has 28 heavy (non-hydrogen) atoms. The maximum Gasteiger partial charge on any atom is 0.305 e. The first kappa shape index (κ1) is 23.7. The van der Waals surface area contributed by atoms with Crippen LogP contribution in [0.25, 0.3) is 10.9 Å². The SMILES string of the molecule is CCCC(=O)OCC(C)C.O=CNCCCNc1ccnc2cc(Cl)ccc12. The van der Waals surface area contributed by atoms with Crippen molar-refractivity contribution >= 4 is 40.6 Å². The molecule has 0 radical (unpaired) electrons. The van der Waals surface area contributed by atoms with Crippen LogP contribution in [0.15, 0.2) is 30.5 Å². The van der Waals surface area contributed by atoms with E-state index in [-0.39, 0.29) is 5.97 Å². The highest BCUT2D eigenvalue weighted by molar-refractivity contribution is 6.31. The summed E-state index contributed by atoms with van der Waals surface area (Å²) in [5, 5.41) is 7.69. The Morgan fingerprint density at radius 3 is 2.75 bits per heavy atom. The molecule has 1 heterocycles. The zero-order valence-electron chi connectivity index (χ0n) is 16.8. The number of aromatic nitrogens is 1. The molecular formula is C21H30ClN3O3. The zero-order chi connectivity index (χ0) is 20.8. The van der Waals surface area contributed by atoms with Crippen LogP contribution >= 0.6 is 11.6 Å². The van der Waals surface area contributed by atoms with E-state index < -0.39 is 0 Å². The van der Waals surface area contributed by atoms with Gasteiger partial charge in [-0.25, -0.2) is 0 Å². The Kier molecular flexibility index (Phi) is 11.7. The van der Waals surface area contributed by atoms with Gasteiger partial charge < -0.3 is 15.4 Å². The topological polar surface area (TPSA) is 80.3 Å². The number of rotatable bonds is 10. The summed E-state index contributed by atoms with van der Waals surface area (Å²) in [5.74, 6) is 0.372. The van der Waals surface area contributed by atoms with Gasteiger partial charge in [-0.1, -0.05) is 32.4 Å². The van der Waals surface area contributed by atoms with Gasteiger partial charge in [0.25, 0.3) is 0 Å². The molecule has 154 valence electrons. The highest BCUT2D eigenvalue weighted by atomic mass is 35.5. The van der Waals surface area contributed by atoms with Gasteiger partial charge in [0.15, 0.2) is 0 Å². The third-order valence-electron chi connectivity index (χ3n) is 3.63. The molecule has 0 atom stereocenters. The second-order valence-corrected chi connectivity index (χ2v) is 7.14. The highest BCUT2D eigenvalue weighted by Gasteiger charge is 2.02. The van der Waals surface area contributed by atoms with Crippen LogP contribution in [0.1, 0.15) is 40.0 Å². The van der Waals surface area contributed by atoms with E-state index >= 15 is 0 Å². The van der Waals surface area contributed by atoms with Gasteiger partial charge in [-0.05, 0) is 43.0 Å². The summed E-state index contributed by atoms with van der Waals surface area (Å²) >= 11 is 5.93. The Hall–Kier alpha value is -2.34. The van der Waals surface area contributed by atoms with Gasteiger partial charge in [0.05, 0.1) is 12.1 Å². The molecule has 0 spiro atoms. The van der Waals surface area contributed by atoms with Crippen LogP contribution in [0.4, 0.5) is 5.69 Å². The normalized spacial score (nSPS) is 10.2. The number of nitrogens with one attached hydrogen (secondary N) is 2. The molecule has 0 saturated carbocycles. The van der Waals surface area contributed by atoms with E-state index in [2.05, 4.69) is 15.6 Å². The van der Waals surface area contributed by atoms with E-state index in [1.807, 2.05) is 45.0 Å². The Bertz CT molecular complexity index is 738. The van der Waals surface area contributed by atoms with Crippen molar-refractivity contribution in [3.8, 4) is 0 Å². The highest BCUT2D eigenvalue weighted by Crippen LogP contribution is 2.24.